The molecule has 0 unspecified atom stereocenters. The third-order valence-electron chi connectivity index (χ3n) is 4.82. The molecule has 0 saturated carbocycles. The Morgan fingerprint density at radius 3 is 2.48 bits per heavy atom. The fourth-order valence-electron chi connectivity index (χ4n) is 3.27. The first kappa shape index (κ1) is 21.2. The lowest BCUT2D eigenvalue weighted by Gasteiger charge is -2.08. The van der Waals surface area contributed by atoms with Gasteiger partial charge in [0.25, 0.3) is 0 Å². The van der Waals surface area contributed by atoms with Gasteiger partial charge in [-0.3, -0.25) is 4.98 Å². The van der Waals surface area contributed by atoms with E-state index in [1.165, 1.54) is 0 Å². The Bertz CT molecular complexity index is 1060. The van der Waals surface area contributed by atoms with E-state index >= 15 is 0 Å². The molecular formula is C22H26N8S. The molecule has 0 spiro atoms. The Morgan fingerprint density at radius 1 is 0.839 bits per heavy atom. The highest BCUT2D eigenvalue weighted by atomic mass is 32.2. The van der Waals surface area contributed by atoms with Crippen molar-refractivity contribution in [1.29, 1.82) is 0 Å². The summed E-state index contributed by atoms with van der Waals surface area (Å²) in [7, 11) is 0. The minimum Gasteiger partial charge on any atom is -0.302 e. The number of pyridine rings is 1. The second-order valence-electron chi connectivity index (χ2n) is 7.18. The van der Waals surface area contributed by atoms with Crippen LogP contribution in [-0.2, 0) is 13.1 Å². The summed E-state index contributed by atoms with van der Waals surface area (Å²) in [5.74, 6) is 2.60. The van der Waals surface area contributed by atoms with Crippen LogP contribution in [0.3, 0.4) is 0 Å². The number of aromatic nitrogens is 8. The van der Waals surface area contributed by atoms with Gasteiger partial charge in [0.15, 0.2) is 11.0 Å². The van der Waals surface area contributed by atoms with Gasteiger partial charge in [0.1, 0.15) is 0 Å². The van der Waals surface area contributed by atoms with Crippen molar-refractivity contribution in [3.05, 3.63) is 54.9 Å². The van der Waals surface area contributed by atoms with Gasteiger partial charge in [-0.1, -0.05) is 55.4 Å². The minimum absolute atomic E-state index is 0.677. The molecule has 0 aliphatic rings. The lowest BCUT2D eigenvalue weighted by atomic mass is 10.2. The van der Waals surface area contributed by atoms with E-state index < -0.39 is 0 Å². The van der Waals surface area contributed by atoms with Gasteiger partial charge in [-0.25, -0.2) is 0 Å². The fraction of sp³-hybridized carbons (Fsp3) is 0.364. The van der Waals surface area contributed by atoms with Crippen LogP contribution in [-0.4, -0.2) is 45.7 Å². The summed E-state index contributed by atoms with van der Waals surface area (Å²) in [6.45, 7) is 3.86. The van der Waals surface area contributed by atoms with E-state index in [4.69, 9.17) is 0 Å². The van der Waals surface area contributed by atoms with Crippen molar-refractivity contribution in [2.75, 3.05) is 5.75 Å². The van der Waals surface area contributed by atoms with Crippen LogP contribution in [0.4, 0.5) is 0 Å². The second-order valence-corrected chi connectivity index (χ2v) is 8.24. The molecule has 0 atom stereocenters. The third kappa shape index (κ3) is 5.55. The Labute approximate surface area is 186 Å². The minimum atomic E-state index is 0.677. The first-order valence-electron chi connectivity index (χ1n) is 10.6. The van der Waals surface area contributed by atoms with Crippen LogP contribution in [0.1, 0.15) is 32.6 Å². The molecule has 9 heteroatoms. The van der Waals surface area contributed by atoms with Crippen molar-refractivity contribution in [2.45, 2.75) is 50.9 Å². The maximum atomic E-state index is 4.47. The molecule has 0 aliphatic carbocycles. The van der Waals surface area contributed by atoms with Crippen LogP contribution in [0, 0.1) is 0 Å². The van der Waals surface area contributed by atoms with Crippen LogP contribution in [0.25, 0.3) is 22.8 Å². The normalized spacial score (nSPS) is 11.1. The number of aryl methyl sites for hydroxylation is 1. The van der Waals surface area contributed by atoms with E-state index in [0.717, 1.165) is 66.6 Å². The van der Waals surface area contributed by atoms with E-state index in [-0.39, 0.29) is 0 Å². The molecule has 0 N–H and O–H groups in total. The summed E-state index contributed by atoms with van der Waals surface area (Å²) in [6.07, 6.45) is 7.86. The largest absolute Gasteiger partial charge is 0.302 e. The van der Waals surface area contributed by atoms with Crippen LogP contribution >= 0.6 is 11.8 Å². The highest BCUT2D eigenvalue weighted by Gasteiger charge is 2.13. The molecular weight excluding hydrogens is 408 g/mol. The van der Waals surface area contributed by atoms with Gasteiger partial charge in [0.05, 0.1) is 6.54 Å². The van der Waals surface area contributed by atoms with Crippen LogP contribution in [0.15, 0.2) is 60.0 Å². The summed E-state index contributed by atoms with van der Waals surface area (Å²) in [6, 6.07) is 13.9. The number of benzene rings is 1. The molecule has 3 heterocycles. The summed E-state index contributed by atoms with van der Waals surface area (Å²) < 4.78 is 2.21. The number of rotatable bonds is 11. The maximum absolute atomic E-state index is 4.47. The number of nitrogens with zero attached hydrogens (tertiary/aromatic N) is 8. The molecule has 3 aromatic heterocycles. The van der Waals surface area contributed by atoms with Gasteiger partial charge in [-0.2, -0.15) is 4.80 Å². The molecule has 0 bridgehead atoms. The Kier molecular flexibility index (Phi) is 7.38. The van der Waals surface area contributed by atoms with Crippen molar-refractivity contribution in [3.63, 3.8) is 0 Å². The zero-order chi connectivity index (χ0) is 21.3. The van der Waals surface area contributed by atoms with Crippen LogP contribution < -0.4 is 0 Å². The fourth-order valence-corrected chi connectivity index (χ4v) is 4.23. The smallest absolute Gasteiger partial charge is 0.204 e. The highest BCUT2D eigenvalue weighted by Crippen LogP contribution is 2.25. The molecule has 0 fully saturated rings. The Hall–Kier alpha value is -3.07. The molecule has 0 amide bonds. The molecule has 0 aliphatic heterocycles. The van der Waals surface area contributed by atoms with Crippen molar-refractivity contribution in [2.24, 2.45) is 0 Å². The van der Waals surface area contributed by atoms with Crippen LogP contribution in [0.5, 0.6) is 0 Å². The van der Waals surface area contributed by atoms with Crippen molar-refractivity contribution in [3.8, 4) is 22.8 Å². The molecule has 0 radical (unpaired) electrons. The summed E-state index contributed by atoms with van der Waals surface area (Å²) in [4.78, 5) is 5.78. The Morgan fingerprint density at radius 2 is 1.68 bits per heavy atom. The number of hydrogen-bond donors (Lipinski definition) is 0. The summed E-state index contributed by atoms with van der Waals surface area (Å²) in [5.41, 5.74) is 2.05. The topological polar surface area (TPSA) is 87.2 Å². The zero-order valence-corrected chi connectivity index (χ0v) is 18.4. The first-order valence-corrected chi connectivity index (χ1v) is 11.6. The van der Waals surface area contributed by atoms with Crippen LogP contribution in [0.2, 0.25) is 0 Å². The summed E-state index contributed by atoms with van der Waals surface area (Å²) in [5, 5.41) is 22.6. The van der Waals surface area contributed by atoms with Gasteiger partial charge >= 0.3 is 0 Å². The molecule has 31 heavy (non-hydrogen) atoms. The number of unbranched alkanes of at least 4 members (excludes halogenated alkanes) is 2. The van der Waals surface area contributed by atoms with E-state index in [2.05, 4.69) is 42.1 Å². The molecule has 1 aromatic carbocycles. The van der Waals surface area contributed by atoms with Crippen molar-refractivity contribution < 1.29 is 0 Å². The van der Waals surface area contributed by atoms with E-state index in [1.54, 1.807) is 29.0 Å². The van der Waals surface area contributed by atoms with Gasteiger partial charge in [0, 0.05) is 35.8 Å². The summed E-state index contributed by atoms with van der Waals surface area (Å²) >= 11 is 1.77. The van der Waals surface area contributed by atoms with Crippen molar-refractivity contribution >= 4 is 11.8 Å². The molecule has 0 saturated heterocycles. The standard InChI is InChI=1S/C22H26N8S/c1-2-15-29-21(19-11-13-23-14-12-19)25-26-22(29)31-17-8-4-7-16-30-27-20(24-28-30)18-9-5-3-6-10-18/h3,5-6,9-14H,2,4,7-8,15-17H2,1H3. The SMILES string of the molecule is CCCn1c(SCCCCCn2nnc(-c3ccccc3)n2)nnc1-c1ccncc1. The van der Waals surface area contributed by atoms with E-state index in [9.17, 15) is 0 Å². The predicted octanol–water partition coefficient (Wildman–Crippen LogP) is 4.37. The van der Waals surface area contributed by atoms with Gasteiger partial charge in [-0.05, 0) is 36.6 Å². The average Bonchev–Trinajstić information content (AvgIpc) is 3.45. The van der Waals surface area contributed by atoms with Crippen molar-refractivity contribution in [1.82, 2.24) is 40.0 Å². The monoisotopic (exact) mass is 434 g/mol. The number of thioether (sulfide) groups is 1. The van der Waals surface area contributed by atoms with Gasteiger partial charge in [0.2, 0.25) is 5.82 Å². The average molecular weight is 435 g/mol. The molecule has 160 valence electrons. The third-order valence-corrected chi connectivity index (χ3v) is 5.87. The molecule has 4 aromatic rings. The zero-order valence-electron chi connectivity index (χ0n) is 17.6. The number of hydrogen-bond acceptors (Lipinski definition) is 7. The molecule has 4 rings (SSSR count). The Balaban J connectivity index is 1.23. The quantitative estimate of drug-likeness (QED) is 0.256. The lowest BCUT2D eigenvalue weighted by Crippen LogP contribution is -2.03. The van der Waals surface area contributed by atoms with Gasteiger partial charge < -0.3 is 4.57 Å². The highest BCUT2D eigenvalue weighted by molar-refractivity contribution is 7.99. The second kappa shape index (κ2) is 10.8. The lowest BCUT2D eigenvalue weighted by molar-refractivity contribution is 0.486. The first-order chi connectivity index (χ1) is 15.3. The van der Waals surface area contributed by atoms with Gasteiger partial charge in [-0.15, -0.1) is 20.4 Å². The number of tetrazole rings is 1. The maximum Gasteiger partial charge on any atom is 0.204 e. The predicted molar refractivity (Wildman–Crippen MR) is 121 cm³/mol. The van der Waals surface area contributed by atoms with E-state index in [1.807, 2.05) is 42.5 Å². The van der Waals surface area contributed by atoms with E-state index in [0.29, 0.717) is 5.82 Å². The molecule has 8 nitrogen and oxygen atoms in total.